The minimum atomic E-state index is -0.175. The van der Waals surface area contributed by atoms with E-state index in [1.54, 1.807) is 0 Å². The van der Waals surface area contributed by atoms with E-state index in [9.17, 15) is 0 Å². The van der Waals surface area contributed by atoms with Crippen LogP contribution in [0, 0.1) is 0 Å². The van der Waals surface area contributed by atoms with Gasteiger partial charge in [0.15, 0.2) is 0 Å². The number of para-hydroxylation sites is 4. The second-order valence-corrected chi connectivity index (χ2v) is 28.2. The van der Waals surface area contributed by atoms with Crippen molar-refractivity contribution in [1.29, 1.82) is 0 Å². The number of hydrogen-bond donors (Lipinski definition) is 0. The van der Waals surface area contributed by atoms with Crippen molar-refractivity contribution in [2.75, 3.05) is 24.5 Å². The average Bonchev–Trinajstić information content (AvgIpc) is 0.691. The van der Waals surface area contributed by atoms with Gasteiger partial charge in [-0.15, -0.1) is 0 Å². The van der Waals surface area contributed by atoms with Crippen LogP contribution < -0.4 is 57.3 Å². The molecule has 0 atom stereocenters. The fourth-order valence-electron chi connectivity index (χ4n) is 16.6. The summed E-state index contributed by atoms with van der Waals surface area (Å²) in [5, 5.41) is 0. The summed E-state index contributed by atoms with van der Waals surface area (Å²) < 4.78 is 0. The van der Waals surface area contributed by atoms with E-state index in [0.29, 0.717) is 0 Å². The zero-order valence-corrected chi connectivity index (χ0v) is 57.6. The third-order valence-corrected chi connectivity index (χ3v) is 22.4. The molecule has 0 unspecified atom stereocenters. The van der Waals surface area contributed by atoms with E-state index in [-0.39, 0.29) is 13.4 Å². The van der Waals surface area contributed by atoms with Crippen LogP contribution >= 0.6 is 11.8 Å². The van der Waals surface area contributed by atoms with Crippen LogP contribution in [0.15, 0.2) is 404 Å². The first-order chi connectivity index (χ1) is 51.6. The quantitative estimate of drug-likeness (QED) is 0.106. The van der Waals surface area contributed by atoms with Gasteiger partial charge in [-0.25, -0.2) is 0 Å². The van der Waals surface area contributed by atoms with Crippen molar-refractivity contribution in [2.24, 2.45) is 0 Å². The standard InChI is InChI=1S/C96H65B2N5S/c1-8-26-66(27-9-1)70-44-52-77(53-45-70)99(78-54-46-71(47-55-78)67-28-10-2-11-29-67)81-60-90-95-91(61-81)102(75-36-18-6-19-37-75)88-65-89-86(64-85(88)97(95)83-40-22-24-42-87(83)101(90)74-34-16-5-17-35-74)98-84-41-23-25-43-93(84)104-94-63-82(62-92(96(94)98)103(89)76-38-20-7-21-39-76)100(79-56-48-72(49-57-79)68-30-12-3-13-31-68)80-58-50-73(51-59-80)69-32-14-4-15-33-69/h1-65H. The van der Waals surface area contributed by atoms with Gasteiger partial charge in [0.05, 0.1) is 5.69 Å². The summed E-state index contributed by atoms with van der Waals surface area (Å²) in [7, 11) is 0. The number of rotatable bonds is 13. The van der Waals surface area contributed by atoms with Crippen molar-refractivity contribution in [1.82, 2.24) is 0 Å². The minimum Gasteiger partial charge on any atom is -0.311 e. The van der Waals surface area contributed by atoms with Gasteiger partial charge >= 0.3 is 0 Å². The molecule has 0 radical (unpaired) electrons. The Bertz CT molecular complexity index is 5710. The fraction of sp³-hybridized carbons (Fsp3) is 0. The van der Waals surface area contributed by atoms with Gasteiger partial charge in [0.1, 0.15) is 0 Å². The summed E-state index contributed by atoms with van der Waals surface area (Å²) in [5.74, 6) is 0. The highest BCUT2D eigenvalue weighted by Gasteiger charge is 2.48. The molecule has 8 heteroatoms. The number of hydrogen-bond acceptors (Lipinski definition) is 6. The molecule has 20 rings (SSSR count). The fourth-order valence-corrected chi connectivity index (χ4v) is 17.8. The monoisotopic (exact) mass is 1340 g/mol. The molecule has 0 amide bonds. The first-order valence-electron chi connectivity index (χ1n) is 35.8. The minimum absolute atomic E-state index is 0.112. The molecule has 0 bridgehead atoms. The maximum absolute atomic E-state index is 2.64. The van der Waals surface area contributed by atoms with Gasteiger partial charge in [0, 0.05) is 89.4 Å². The van der Waals surface area contributed by atoms with Crippen LogP contribution in [0.4, 0.5) is 85.3 Å². The van der Waals surface area contributed by atoms with E-state index < -0.39 is 0 Å². The van der Waals surface area contributed by atoms with Crippen molar-refractivity contribution < 1.29 is 0 Å². The van der Waals surface area contributed by atoms with Crippen LogP contribution in [-0.4, -0.2) is 13.4 Å². The lowest BCUT2D eigenvalue weighted by Crippen LogP contribution is -2.64. The Kier molecular flexibility index (Phi) is 15.0. The molecule has 104 heavy (non-hydrogen) atoms. The molecule has 486 valence electrons. The summed E-state index contributed by atoms with van der Waals surface area (Å²) in [5.41, 5.74) is 33.4. The molecular weight excluding hydrogens is 1280 g/mol. The van der Waals surface area contributed by atoms with Gasteiger partial charge in [-0.1, -0.05) is 284 Å². The Morgan fingerprint density at radius 3 is 0.885 bits per heavy atom. The van der Waals surface area contributed by atoms with Crippen LogP contribution in [0.3, 0.4) is 0 Å². The molecule has 5 nitrogen and oxygen atoms in total. The zero-order chi connectivity index (χ0) is 68.6. The first-order valence-corrected chi connectivity index (χ1v) is 36.6. The third-order valence-electron chi connectivity index (χ3n) is 21.2. The molecule has 0 fully saturated rings. The van der Waals surface area contributed by atoms with Crippen LogP contribution in [0.2, 0.25) is 0 Å². The number of anilines is 15. The van der Waals surface area contributed by atoms with Crippen molar-refractivity contribution in [3.8, 4) is 44.5 Å². The number of benzene rings is 16. The SMILES string of the molecule is c1ccc(-c2ccc(N(c3ccc(-c4ccccc4)cc3)c3cc4c5c(c3)N(c3ccccc3)c3cc6c(cc3B5c3ccccc3S4)B3c4ccccc4N(c4ccccc4)c4cc(N(c5ccc(-c7ccccc7)cc5)c5ccc(-c7ccccc7)cc5)cc(c43)N6c3ccccc3)cc2)cc1. The summed E-state index contributed by atoms with van der Waals surface area (Å²) in [6, 6.07) is 146. The Hall–Kier alpha value is -13.0. The van der Waals surface area contributed by atoms with Crippen molar-refractivity contribution in [3.05, 3.63) is 394 Å². The molecule has 0 saturated heterocycles. The lowest BCUT2D eigenvalue weighted by Gasteiger charge is -2.47. The van der Waals surface area contributed by atoms with Crippen LogP contribution in [-0.2, 0) is 0 Å². The molecule has 16 aromatic rings. The highest BCUT2D eigenvalue weighted by Crippen LogP contribution is 2.52. The summed E-state index contributed by atoms with van der Waals surface area (Å²) in [6.45, 7) is -0.287. The van der Waals surface area contributed by atoms with Gasteiger partial charge in [0.2, 0.25) is 6.71 Å². The molecule has 4 aliphatic heterocycles. The Balaban J connectivity index is 0.836. The van der Waals surface area contributed by atoms with E-state index in [0.717, 1.165) is 96.4 Å². The van der Waals surface area contributed by atoms with Crippen LogP contribution in [0.5, 0.6) is 0 Å². The van der Waals surface area contributed by atoms with Crippen LogP contribution in [0.1, 0.15) is 0 Å². The van der Waals surface area contributed by atoms with Gasteiger partial charge in [-0.3, -0.25) is 0 Å². The van der Waals surface area contributed by atoms with E-state index >= 15 is 0 Å². The summed E-state index contributed by atoms with van der Waals surface area (Å²) in [6.07, 6.45) is 0. The normalized spacial score (nSPS) is 12.7. The second kappa shape index (κ2) is 25.6. The average molecular weight is 1340 g/mol. The maximum atomic E-state index is 2.64. The molecule has 0 aromatic heterocycles. The summed E-state index contributed by atoms with van der Waals surface area (Å²) >= 11 is 1.89. The third kappa shape index (κ3) is 10.4. The van der Waals surface area contributed by atoms with E-state index in [2.05, 4.69) is 419 Å². The highest BCUT2D eigenvalue weighted by molar-refractivity contribution is 8.00. The highest BCUT2D eigenvalue weighted by atomic mass is 32.2. The Labute approximate surface area is 612 Å². The maximum Gasteiger partial charge on any atom is 0.252 e. The van der Waals surface area contributed by atoms with E-state index in [4.69, 9.17) is 0 Å². The predicted octanol–water partition coefficient (Wildman–Crippen LogP) is 22.1. The lowest BCUT2D eigenvalue weighted by atomic mass is 9.30. The molecule has 16 aromatic carbocycles. The van der Waals surface area contributed by atoms with Crippen molar-refractivity contribution in [3.63, 3.8) is 0 Å². The second-order valence-electron chi connectivity index (χ2n) is 27.1. The molecular formula is C96H65B2N5S. The number of fused-ring (bicyclic) bond motifs is 8. The smallest absolute Gasteiger partial charge is 0.252 e. The zero-order valence-electron chi connectivity index (χ0n) is 56.8. The molecule has 4 heterocycles. The number of nitrogens with zero attached hydrogens (tertiary/aromatic N) is 5. The molecule has 0 saturated carbocycles. The van der Waals surface area contributed by atoms with Crippen LogP contribution in [0.25, 0.3) is 44.5 Å². The molecule has 0 N–H and O–H groups in total. The largest absolute Gasteiger partial charge is 0.311 e. The van der Waals surface area contributed by atoms with Gasteiger partial charge in [0.25, 0.3) is 6.71 Å². The van der Waals surface area contributed by atoms with E-state index in [1.807, 2.05) is 11.8 Å². The summed E-state index contributed by atoms with van der Waals surface area (Å²) in [4.78, 5) is 15.1. The molecule has 0 spiro atoms. The van der Waals surface area contributed by atoms with E-state index in [1.165, 1.54) is 75.9 Å². The first kappa shape index (κ1) is 60.9. The molecule has 0 aliphatic carbocycles. The van der Waals surface area contributed by atoms with Gasteiger partial charge in [-0.2, -0.15) is 0 Å². The van der Waals surface area contributed by atoms with Crippen molar-refractivity contribution >= 4 is 143 Å². The Morgan fingerprint density at radius 2 is 0.490 bits per heavy atom. The van der Waals surface area contributed by atoms with Crippen molar-refractivity contribution in [2.45, 2.75) is 9.79 Å². The van der Waals surface area contributed by atoms with Gasteiger partial charge < -0.3 is 24.5 Å². The lowest BCUT2D eigenvalue weighted by molar-refractivity contribution is 1.21. The topological polar surface area (TPSA) is 16.2 Å². The Morgan fingerprint density at radius 1 is 0.192 bits per heavy atom. The molecule has 4 aliphatic rings. The predicted molar refractivity (Wildman–Crippen MR) is 441 cm³/mol. The van der Waals surface area contributed by atoms with Gasteiger partial charge in [-0.05, 0) is 199 Å².